The lowest BCUT2D eigenvalue weighted by molar-refractivity contribution is -0.0872. The summed E-state index contributed by atoms with van der Waals surface area (Å²) in [6.07, 6.45) is -1.30. The third-order valence-electron chi connectivity index (χ3n) is 5.22. The molecule has 1 unspecified atom stereocenters. The van der Waals surface area contributed by atoms with Crippen LogP contribution in [-0.2, 0) is 11.3 Å². The van der Waals surface area contributed by atoms with E-state index in [1.165, 1.54) is 4.80 Å². The van der Waals surface area contributed by atoms with E-state index in [1.807, 2.05) is 13.8 Å². The van der Waals surface area contributed by atoms with Crippen molar-refractivity contribution in [2.45, 2.75) is 64.0 Å². The zero-order valence-corrected chi connectivity index (χ0v) is 17.1. The van der Waals surface area contributed by atoms with Crippen molar-refractivity contribution >= 4 is 5.84 Å². The number of aliphatic imine (C=N–C) groups is 1. The SMILES string of the molecule is [2H]C([2H])([2H])C([2H])([2H])NC1=NC(N)(c2cc(C(C)(C)n3ncc(C)n3)nn2C2CC2)NC=C1C(F)(F)F. The van der Waals surface area contributed by atoms with Crippen LogP contribution >= 0.6 is 0 Å². The Kier molecular flexibility index (Phi) is 3.62. The summed E-state index contributed by atoms with van der Waals surface area (Å²) in [4.78, 5) is 5.43. The number of nitrogens with two attached hydrogens (primary N) is 1. The Morgan fingerprint density at radius 1 is 1.39 bits per heavy atom. The van der Waals surface area contributed by atoms with Crippen molar-refractivity contribution in [1.29, 1.82) is 0 Å². The molecule has 2 aromatic rings. The number of nitrogens with one attached hydrogen (secondary N) is 2. The van der Waals surface area contributed by atoms with Gasteiger partial charge in [0.1, 0.15) is 22.6 Å². The summed E-state index contributed by atoms with van der Waals surface area (Å²) in [6, 6.07) is 1.52. The maximum Gasteiger partial charge on any atom is 0.421 e. The maximum atomic E-state index is 13.7. The van der Waals surface area contributed by atoms with Crippen LogP contribution in [0.2, 0.25) is 0 Å². The van der Waals surface area contributed by atoms with E-state index in [9.17, 15) is 13.2 Å². The summed E-state index contributed by atoms with van der Waals surface area (Å²) >= 11 is 0. The molecule has 0 spiro atoms. The van der Waals surface area contributed by atoms with Crippen molar-refractivity contribution < 1.29 is 20.0 Å². The molecule has 12 heteroatoms. The third kappa shape index (κ3) is 3.80. The largest absolute Gasteiger partial charge is 0.421 e. The molecule has 9 nitrogen and oxygen atoms in total. The molecule has 0 saturated heterocycles. The van der Waals surface area contributed by atoms with Gasteiger partial charge in [0.15, 0.2) is 0 Å². The Morgan fingerprint density at radius 3 is 2.71 bits per heavy atom. The zero-order valence-electron chi connectivity index (χ0n) is 22.1. The predicted octanol–water partition coefficient (Wildman–Crippen LogP) is 2.03. The minimum atomic E-state index is -4.97. The van der Waals surface area contributed by atoms with E-state index in [0.29, 0.717) is 17.6 Å². The molecule has 4 N–H and O–H groups in total. The molecule has 0 amide bonds. The molecule has 0 bridgehead atoms. The average Bonchev–Trinajstić information content (AvgIpc) is 3.28. The van der Waals surface area contributed by atoms with E-state index in [4.69, 9.17) is 12.6 Å². The first-order chi connectivity index (χ1) is 16.3. The van der Waals surface area contributed by atoms with Gasteiger partial charge in [-0.1, -0.05) is 0 Å². The summed E-state index contributed by atoms with van der Waals surface area (Å²) in [5.74, 6) is -3.06. The molecule has 1 atom stereocenters. The fraction of sp³-hybridized carbons (Fsp3) is 0.579. The number of hydrogen-bond acceptors (Lipinski definition) is 7. The lowest BCUT2D eigenvalue weighted by atomic mass is 10.0. The second kappa shape index (κ2) is 7.08. The Hall–Kier alpha value is -2.89. The molecule has 31 heavy (non-hydrogen) atoms. The number of rotatable bonds is 5. The minimum absolute atomic E-state index is 0.0625. The minimum Gasteiger partial charge on any atom is -0.370 e. The Morgan fingerprint density at radius 2 is 2.13 bits per heavy atom. The van der Waals surface area contributed by atoms with Crippen LogP contribution in [0, 0.1) is 6.92 Å². The lowest BCUT2D eigenvalue weighted by Gasteiger charge is -2.32. The van der Waals surface area contributed by atoms with Crippen LogP contribution < -0.4 is 16.4 Å². The summed E-state index contributed by atoms with van der Waals surface area (Å²) in [7, 11) is 0. The Balaban J connectivity index is 1.81. The van der Waals surface area contributed by atoms with Gasteiger partial charge in [-0.05, 0) is 46.5 Å². The quantitative estimate of drug-likeness (QED) is 0.654. The molecule has 2 aromatic heterocycles. The van der Waals surface area contributed by atoms with Crippen LogP contribution in [-0.4, -0.2) is 43.3 Å². The van der Waals surface area contributed by atoms with Crippen LogP contribution in [0.4, 0.5) is 13.2 Å². The van der Waals surface area contributed by atoms with Gasteiger partial charge in [0.05, 0.1) is 23.6 Å². The fourth-order valence-corrected chi connectivity index (χ4v) is 3.31. The maximum absolute atomic E-state index is 13.7. The first-order valence-electron chi connectivity index (χ1n) is 12.1. The summed E-state index contributed by atoms with van der Waals surface area (Å²) < 4.78 is 80.3. The smallest absolute Gasteiger partial charge is 0.370 e. The molecule has 1 aliphatic carbocycles. The lowest BCUT2D eigenvalue weighted by Crippen LogP contribution is -2.53. The van der Waals surface area contributed by atoms with Crippen molar-refractivity contribution in [3.8, 4) is 0 Å². The number of nitrogens with zero attached hydrogens (tertiary/aromatic N) is 6. The van der Waals surface area contributed by atoms with Gasteiger partial charge in [0, 0.05) is 19.6 Å². The molecule has 0 aromatic carbocycles. The van der Waals surface area contributed by atoms with Gasteiger partial charge in [-0.25, -0.2) is 4.99 Å². The van der Waals surface area contributed by atoms with Crippen LogP contribution in [0.5, 0.6) is 0 Å². The van der Waals surface area contributed by atoms with Crippen molar-refractivity contribution in [2.24, 2.45) is 10.7 Å². The van der Waals surface area contributed by atoms with E-state index in [2.05, 4.69) is 25.6 Å². The van der Waals surface area contributed by atoms with Gasteiger partial charge < -0.3 is 10.6 Å². The van der Waals surface area contributed by atoms with Crippen LogP contribution in [0.3, 0.4) is 0 Å². The molecular formula is C19H26F3N9. The van der Waals surface area contributed by atoms with Gasteiger partial charge >= 0.3 is 6.18 Å². The number of aromatic nitrogens is 5. The highest BCUT2D eigenvalue weighted by atomic mass is 19.4. The Labute approximate surface area is 184 Å². The summed E-state index contributed by atoms with van der Waals surface area (Å²) in [5.41, 5.74) is 5.57. The van der Waals surface area contributed by atoms with E-state index in [1.54, 1.807) is 29.2 Å². The second-order valence-corrected chi connectivity index (χ2v) is 8.10. The standard InChI is InChI=1S/C19H26F3N9/c1-5-24-16-13(18(20,21)22)10-25-19(23,27-16)15-8-14(29-30(15)12-6-7-12)17(3,4)31-26-9-11(2)28-31/h8-10,12,25H,5-7,23H2,1-4H3,(H,24,27)/i1D3,5D2. The molecule has 1 fully saturated rings. The van der Waals surface area contributed by atoms with E-state index >= 15 is 0 Å². The van der Waals surface area contributed by atoms with Gasteiger partial charge in [-0.15, -0.1) is 0 Å². The van der Waals surface area contributed by atoms with Crippen LogP contribution in [0.25, 0.3) is 0 Å². The van der Waals surface area contributed by atoms with Crippen LogP contribution in [0.15, 0.2) is 29.0 Å². The normalized spacial score (nSPS) is 25.3. The monoisotopic (exact) mass is 442 g/mol. The molecule has 2 aliphatic rings. The molecular weight excluding hydrogens is 411 g/mol. The van der Waals surface area contributed by atoms with E-state index < -0.39 is 42.3 Å². The molecule has 1 saturated carbocycles. The number of halogens is 3. The highest BCUT2D eigenvalue weighted by Gasteiger charge is 2.45. The van der Waals surface area contributed by atoms with E-state index in [0.717, 1.165) is 12.8 Å². The van der Waals surface area contributed by atoms with Crippen LogP contribution in [0.1, 0.15) is 63.5 Å². The third-order valence-corrected chi connectivity index (χ3v) is 5.22. The fourth-order valence-electron chi connectivity index (χ4n) is 3.31. The number of alkyl halides is 3. The highest BCUT2D eigenvalue weighted by molar-refractivity contribution is 6.00. The summed E-state index contributed by atoms with van der Waals surface area (Å²) in [6.45, 7) is -1.09. The molecule has 168 valence electrons. The van der Waals surface area contributed by atoms with Crippen molar-refractivity contribution in [3.63, 3.8) is 0 Å². The first kappa shape index (κ1) is 15.8. The zero-order chi connectivity index (χ0) is 26.9. The van der Waals surface area contributed by atoms with Gasteiger partial charge in [0.25, 0.3) is 0 Å². The molecule has 1 aliphatic heterocycles. The van der Waals surface area contributed by atoms with Gasteiger partial charge in [-0.2, -0.15) is 33.3 Å². The van der Waals surface area contributed by atoms with Crippen molar-refractivity contribution in [1.82, 2.24) is 35.4 Å². The van der Waals surface area contributed by atoms with Crippen molar-refractivity contribution in [2.75, 3.05) is 6.50 Å². The second-order valence-electron chi connectivity index (χ2n) is 8.10. The number of likely N-dealkylation sites (N-methyl/N-ethyl adjacent to an activating group) is 1. The predicted molar refractivity (Wildman–Crippen MR) is 108 cm³/mol. The molecule has 3 heterocycles. The number of aryl methyl sites for hydroxylation is 1. The summed E-state index contributed by atoms with van der Waals surface area (Å²) in [5, 5.41) is 17.5. The highest BCUT2D eigenvalue weighted by Crippen LogP contribution is 2.40. The van der Waals surface area contributed by atoms with E-state index in [-0.39, 0.29) is 11.7 Å². The van der Waals surface area contributed by atoms with Gasteiger partial charge in [-0.3, -0.25) is 10.4 Å². The molecule has 4 rings (SSSR count). The topological polar surface area (TPSA) is 111 Å². The number of hydrogen-bond donors (Lipinski definition) is 3. The first-order valence-corrected chi connectivity index (χ1v) is 9.57. The Bertz CT molecular complexity index is 1220. The van der Waals surface area contributed by atoms with Crippen molar-refractivity contribution in [3.05, 3.63) is 41.1 Å². The average molecular weight is 443 g/mol. The molecule has 0 radical (unpaired) electrons. The van der Waals surface area contributed by atoms with Gasteiger partial charge in [0.2, 0.25) is 5.79 Å². The number of amidine groups is 1.